The van der Waals surface area contributed by atoms with Crippen LogP contribution >= 0.6 is 0 Å². The second-order valence-electron chi connectivity index (χ2n) is 5.48. The van der Waals surface area contributed by atoms with Crippen LogP contribution in [0, 0.1) is 0 Å². The topological polar surface area (TPSA) is 42.8 Å². The maximum absolute atomic E-state index is 12.2. The summed E-state index contributed by atoms with van der Waals surface area (Å²) >= 11 is 0. The zero-order valence-corrected chi connectivity index (χ0v) is 12.4. The summed E-state index contributed by atoms with van der Waals surface area (Å²) < 4.78 is 5.31. The standard InChI is InChI=1S/C16H24N2O2/c1-3-13(2)14-6-4-5-7-15(14)17-16(19)12-18-8-10-20-11-9-18/h4-7,13H,3,8-12H2,1-2H3,(H,17,19)/p+1/t13-/m1/s1. The Balaban J connectivity index is 1.96. The van der Waals surface area contributed by atoms with Crippen LogP contribution in [-0.4, -0.2) is 38.8 Å². The predicted octanol–water partition coefficient (Wildman–Crippen LogP) is 1.05. The number of benzene rings is 1. The Hall–Kier alpha value is -1.39. The third-order valence-corrected chi connectivity index (χ3v) is 3.99. The van der Waals surface area contributed by atoms with E-state index in [1.165, 1.54) is 10.5 Å². The molecule has 0 spiro atoms. The quantitative estimate of drug-likeness (QED) is 0.845. The molecule has 1 aliphatic rings. The Labute approximate surface area is 121 Å². The van der Waals surface area contributed by atoms with Crippen LogP contribution in [0.15, 0.2) is 24.3 Å². The fraction of sp³-hybridized carbons (Fsp3) is 0.562. The van der Waals surface area contributed by atoms with Crippen molar-refractivity contribution in [3.8, 4) is 0 Å². The summed E-state index contributed by atoms with van der Waals surface area (Å²) in [5.74, 6) is 0.555. The van der Waals surface area contributed by atoms with E-state index in [0.29, 0.717) is 12.5 Å². The fourth-order valence-corrected chi connectivity index (χ4v) is 2.52. The molecule has 4 nitrogen and oxygen atoms in total. The highest BCUT2D eigenvalue weighted by Crippen LogP contribution is 2.26. The van der Waals surface area contributed by atoms with Crippen molar-refractivity contribution < 1.29 is 14.4 Å². The van der Waals surface area contributed by atoms with Gasteiger partial charge < -0.3 is 15.0 Å². The van der Waals surface area contributed by atoms with Gasteiger partial charge in [0.15, 0.2) is 6.54 Å². The monoisotopic (exact) mass is 277 g/mol. The van der Waals surface area contributed by atoms with Gasteiger partial charge in [0.05, 0.1) is 13.2 Å². The van der Waals surface area contributed by atoms with Gasteiger partial charge in [0.2, 0.25) is 0 Å². The van der Waals surface area contributed by atoms with Gasteiger partial charge in [0.25, 0.3) is 5.91 Å². The van der Waals surface area contributed by atoms with Gasteiger partial charge in [-0.25, -0.2) is 0 Å². The number of rotatable bonds is 5. The lowest BCUT2D eigenvalue weighted by Crippen LogP contribution is -3.15. The highest BCUT2D eigenvalue weighted by molar-refractivity contribution is 5.92. The van der Waals surface area contributed by atoms with Crippen molar-refractivity contribution in [3.63, 3.8) is 0 Å². The molecule has 0 aromatic heterocycles. The van der Waals surface area contributed by atoms with E-state index in [1.54, 1.807) is 0 Å². The second kappa shape index (κ2) is 7.41. The van der Waals surface area contributed by atoms with Crippen LogP contribution in [-0.2, 0) is 9.53 Å². The smallest absolute Gasteiger partial charge is 0.279 e. The molecule has 1 aliphatic heterocycles. The summed E-state index contributed by atoms with van der Waals surface area (Å²) in [6.07, 6.45) is 1.07. The highest BCUT2D eigenvalue weighted by Gasteiger charge is 2.18. The van der Waals surface area contributed by atoms with E-state index < -0.39 is 0 Å². The molecular formula is C16H25N2O2+. The molecule has 0 bridgehead atoms. The van der Waals surface area contributed by atoms with Gasteiger partial charge in [0.1, 0.15) is 13.1 Å². The maximum Gasteiger partial charge on any atom is 0.279 e. The summed E-state index contributed by atoms with van der Waals surface area (Å²) in [4.78, 5) is 13.5. The molecule has 0 radical (unpaired) electrons. The Morgan fingerprint density at radius 1 is 1.35 bits per heavy atom. The molecule has 110 valence electrons. The van der Waals surface area contributed by atoms with E-state index in [4.69, 9.17) is 4.74 Å². The van der Waals surface area contributed by atoms with Crippen molar-refractivity contribution in [2.45, 2.75) is 26.2 Å². The number of amides is 1. The summed E-state index contributed by atoms with van der Waals surface area (Å²) in [6.45, 7) is 8.23. The molecule has 0 aliphatic carbocycles. The number of carbonyl (C=O) groups excluding carboxylic acids is 1. The van der Waals surface area contributed by atoms with Crippen molar-refractivity contribution in [2.24, 2.45) is 0 Å². The molecule has 1 aromatic rings. The number of nitrogens with one attached hydrogen (secondary N) is 2. The van der Waals surface area contributed by atoms with Crippen LogP contribution in [0.1, 0.15) is 31.7 Å². The van der Waals surface area contributed by atoms with Crippen LogP contribution in [0.25, 0.3) is 0 Å². The normalized spacial score (nSPS) is 17.7. The molecule has 20 heavy (non-hydrogen) atoms. The van der Waals surface area contributed by atoms with Crippen molar-refractivity contribution >= 4 is 11.6 Å². The number of para-hydroxylation sites is 1. The molecule has 0 saturated carbocycles. The van der Waals surface area contributed by atoms with Crippen LogP contribution in [0.2, 0.25) is 0 Å². The van der Waals surface area contributed by atoms with E-state index in [0.717, 1.165) is 38.4 Å². The number of quaternary nitrogens is 1. The number of ether oxygens (including phenoxy) is 1. The van der Waals surface area contributed by atoms with Crippen molar-refractivity contribution in [3.05, 3.63) is 29.8 Å². The molecular weight excluding hydrogens is 252 g/mol. The Bertz CT molecular complexity index is 442. The lowest BCUT2D eigenvalue weighted by Gasteiger charge is -2.23. The molecule has 2 rings (SSSR count). The number of carbonyl (C=O) groups is 1. The first-order valence-electron chi connectivity index (χ1n) is 7.50. The molecule has 0 unspecified atom stereocenters. The van der Waals surface area contributed by atoms with Gasteiger partial charge >= 0.3 is 0 Å². The van der Waals surface area contributed by atoms with Gasteiger partial charge in [-0.1, -0.05) is 32.0 Å². The van der Waals surface area contributed by atoms with Gasteiger partial charge in [-0.2, -0.15) is 0 Å². The summed E-state index contributed by atoms with van der Waals surface area (Å²) in [5.41, 5.74) is 2.18. The summed E-state index contributed by atoms with van der Waals surface area (Å²) in [7, 11) is 0. The Morgan fingerprint density at radius 3 is 2.75 bits per heavy atom. The third-order valence-electron chi connectivity index (χ3n) is 3.99. The largest absolute Gasteiger partial charge is 0.370 e. The molecule has 2 N–H and O–H groups in total. The SMILES string of the molecule is CC[C@@H](C)c1ccccc1NC(=O)C[NH+]1CCOCC1. The highest BCUT2D eigenvalue weighted by atomic mass is 16.5. The van der Waals surface area contributed by atoms with Crippen LogP contribution in [0.4, 0.5) is 5.69 Å². The zero-order chi connectivity index (χ0) is 14.4. The minimum Gasteiger partial charge on any atom is -0.370 e. The van der Waals surface area contributed by atoms with Gasteiger partial charge in [0, 0.05) is 5.69 Å². The fourth-order valence-electron chi connectivity index (χ4n) is 2.52. The average molecular weight is 277 g/mol. The number of morpholine rings is 1. The van der Waals surface area contributed by atoms with Crippen LogP contribution in [0.5, 0.6) is 0 Å². The number of hydrogen-bond acceptors (Lipinski definition) is 2. The van der Waals surface area contributed by atoms with E-state index in [-0.39, 0.29) is 5.91 Å². The van der Waals surface area contributed by atoms with E-state index in [2.05, 4.69) is 25.2 Å². The molecule has 1 amide bonds. The van der Waals surface area contributed by atoms with E-state index >= 15 is 0 Å². The molecule has 4 heteroatoms. The van der Waals surface area contributed by atoms with Crippen LogP contribution < -0.4 is 10.2 Å². The molecule has 1 fully saturated rings. The molecule has 1 aromatic carbocycles. The minimum atomic E-state index is 0.0950. The summed E-state index contributed by atoms with van der Waals surface area (Å²) in [5, 5.41) is 3.07. The third kappa shape index (κ3) is 4.05. The van der Waals surface area contributed by atoms with E-state index in [1.807, 2.05) is 18.2 Å². The summed E-state index contributed by atoms with van der Waals surface area (Å²) in [6, 6.07) is 8.10. The second-order valence-corrected chi connectivity index (χ2v) is 5.48. The maximum atomic E-state index is 12.2. The first-order valence-corrected chi connectivity index (χ1v) is 7.50. The Morgan fingerprint density at radius 2 is 2.05 bits per heavy atom. The molecule has 1 heterocycles. The number of anilines is 1. The van der Waals surface area contributed by atoms with Gasteiger partial charge in [-0.05, 0) is 24.0 Å². The van der Waals surface area contributed by atoms with Crippen molar-refractivity contribution in [2.75, 3.05) is 38.2 Å². The zero-order valence-electron chi connectivity index (χ0n) is 12.4. The predicted molar refractivity (Wildman–Crippen MR) is 80.2 cm³/mol. The van der Waals surface area contributed by atoms with Crippen molar-refractivity contribution in [1.82, 2.24) is 0 Å². The molecule has 1 atom stereocenters. The average Bonchev–Trinajstić information content (AvgIpc) is 2.48. The first-order chi connectivity index (χ1) is 9.70. The number of hydrogen-bond donors (Lipinski definition) is 2. The lowest BCUT2D eigenvalue weighted by molar-refractivity contribution is -0.899. The van der Waals surface area contributed by atoms with Gasteiger partial charge in [-0.15, -0.1) is 0 Å². The Kier molecular flexibility index (Phi) is 5.56. The first kappa shape index (κ1) is 15.0. The van der Waals surface area contributed by atoms with Crippen molar-refractivity contribution in [1.29, 1.82) is 0 Å². The van der Waals surface area contributed by atoms with Gasteiger partial charge in [-0.3, -0.25) is 4.79 Å². The minimum absolute atomic E-state index is 0.0950. The van der Waals surface area contributed by atoms with Crippen LogP contribution in [0.3, 0.4) is 0 Å². The molecule has 1 saturated heterocycles. The van der Waals surface area contributed by atoms with E-state index in [9.17, 15) is 4.79 Å². The lowest BCUT2D eigenvalue weighted by atomic mass is 9.97.